The van der Waals surface area contributed by atoms with Crippen molar-refractivity contribution in [1.82, 2.24) is 10.3 Å². The molecule has 3 heterocycles. The molecule has 1 aliphatic heterocycles. The lowest BCUT2D eigenvalue weighted by molar-refractivity contribution is -0.144. The normalized spacial score (nSPS) is 16.5. The molecule has 1 unspecified atom stereocenters. The van der Waals surface area contributed by atoms with Crippen molar-refractivity contribution < 1.29 is 23.8 Å². The van der Waals surface area contributed by atoms with Crippen LogP contribution in [0.1, 0.15) is 28.2 Å². The Hall–Kier alpha value is -2.19. The summed E-state index contributed by atoms with van der Waals surface area (Å²) >= 11 is 1.37. The van der Waals surface area contributed by atoms with Crippen molar-refractivity contribution in [3.05, 3.63) is 29.0 Å². The fraction of sp³-hybridized carbons (Fsp3) is 0.471. The van der Waals surface area contributed by atoms with Gasteiger partial charge in [0.1, 0.15) is 5.69 Å². The van der Waals surface area contributed by atoms with Crippen LogP contribution in [0.2, 0.25) is 0 Å². The van der Waals surface area contributed by atoms with E-state index < -0.39 is 11.9 Å². The van der Waals surface area contributed by atoms with Gasteiger partial charge in [0.2, 0.25) is 0 Å². The summed E-state index contributed by atoms with van der Waals surface area (Å²) in [6, 6.07) is 3.54. The first kappa shape index (κ1) is 17.6. The van der Waals surface area contributed by atoms with Gasteiger partial charge in [-0.15, -0.1) is 11.3 Å². The molecule has 3 rings (SSSR count). The predicted molar refractivity (Wildman–Crippen MR) is 91.6 cm³/mol. The number of carbonyl (C=O) groups is 2. The number of furan rings is 1. The van der Waals surface area contributed by atoms with Crippen LogP contribution in [0.15, 0.2) is 22.8 Å². The molecule has 1 aliphatic rings. The molecule has 1 saturated heterocycles. The molecule has 0 saturated carbocycles. The van der Waals surface area contributed by atoms with E-state index in [0.29, 0.717) is 42.5 Å². The second kappa shape index (κ2) is 7.79. The molecular weight excluding hydrogens is 344 g/mol. The predicted octanol–water partition coefficient (Wildman–Crippen LogP) is 2.57. The first-order valence-corrected chi connectivity index (χ1v) is 8.98. The number of hydrogen-bond acceptors (Lipinski definition) is 6. The first-order chi connectivity index (χ1) is 12.1. The minimum atomic E-state index is -0.890. The lowest BCUT2D eigenvalue weighted by atomic mass is 9.86. The maximum atomic E-state index is 12.4. The van der Waals surface area contributed by atoms with E-state index in [9.17, 15) is 14.7 Å². The van der Waals surface area contributed by atoms with Crippen molar-refractivity contribution in [2.75, 3.05) is 19.8 Å². The molecule has 0 aliphatic carbocycles. The number of hydrogen-bond donors (Lipinski definition) is 2. The summed E-state index contributed by atoms with van der Waals surface area (Å²) in [6.45, 7) is 3.04. The molecule has 0 aromatic carbocycles. The topological polar surface area (TPSA) is 102 Å². The van der Waals surface area contributed by atoms with E-state index in [1.807, 2.05) is 6.92 Å². The number of rotatable bonds is 6. The lowest BCUT2D eigenvalue weighted by Crippen LogP contribution is -2.39. The van der Waals surface area contributed by atoms with E-state index in [0.717, 1.165) is 4.88 Å². The number of nitrogens with zero attached hydrogens (tertiary/aromatic N) is 1. The Morgan fingerprint density at radius 1 is 1.44 bits per heavy atom. The van der Waals surface area contributed by atoms with Crippen molar-refractivity contribution in [2.45, 2.75) is 19.8 Å². The molecule has 0 bridgehead atoms. The van der Waals surface area contributed by atoms with Gasteiger partial charge in [-0.1, -0.05) is 0 Å². The zero-order valence-electron chi connectivity index (χ0n) is 13.9. The molecule has 2 aromatic rings. The van der Waals surface area contributed by atoms with Crippen LogP contribution in [0.3, 0.4) is 0 Å². The van der Waals surface area contributed by atoms with E-state index in [1.165, 1.54) is 11.3 Å². The zero-order valence-corrected chi connectivity index (χ0v) is 14.7. The highest BCUT2D eigenvalue weighted by Gasteiger charge is 2.30. The highest BCUT2D eigenvalue weighted by Crippen LogP contribution is 2.28. The minimum absolute atomic E-state index is 0.0155. The van der Waals surface area contributed by atoms with Crippen LogP contribution in [0.25, 0.3) is 10.8 Å². The number of nitrogens with one attached hydrogen (secondary N) is 1. The quantitative estimate of drug-likeness (QED) is 0.817. The molecule has 1 fully saturated rings. The summed E-state index contributed by atoms with van der Waals surface area (Å²) in [5.41, 5.74) is 0.313. The monoisotopic (exact) mass is 364 g/mol. The molecular formula is C17H20N2O5S. The summed E-state index contributed by atoms with van der Waals surface area (Å²) in [5, 5.41) is 12.8. The molecule has 8 heteroatoms. The molecule has 1 amide bonds. The van der Waals surface area contributed by atoms with Gasteiger partial charge >= 0.3 is 5.97 Å². The number of carbonyl (C=O) groups excluding carboxylic acids is 1. The largest absolute Gasteiger partial charge is 0.481 e. The van der Waals surface area contributed by atoms with Gasteiger partial charge in [-0.2, -0.15) is 0 Å². The third-order valence-corrected chi connectivity index (χ3v) is 5.36. The summed E-state index contributed by atoms with van der Waals surface area (Å²) in [6.07, 6.45) is 2.95. The molecule has 2 aromatic heterocycles. The highest BCUT2D eigenvalue weighted by molar-refractivity contribution is 7.15. The smallest absolute Gasteiger partial charge is 0.308 e. The lowest BCUT2D eigenvalue weighted by Gasteiger charge is -2.27. The molecule has 7 nitrogen and oxygen atoms in total. The number of aromatic nitrogens is 1. The molecule has 2 N–H and O–H groups in total. The Labute approximate surface area is 149 Å². The Kier molecular flexibility index (Phi) is 5.50. The van der Waals surface area contributed by atoms with Crippen LogP contribution in [-0.2, 0) is 9.53 Å². The van der Waals surface area contributed by atoms with Crippen LogP contribution in [0.4, 0.5) is 0 Å². The number of ether oxygens (including phenoxy) is 1. The maximum Gasteiger partial charge on any atom is 0.308 e. The zero-order chi connectivity index (χ0) is 17.8. The van der Waals surface area contributed by atoms with Gasteiger partial charge in [-0.3, -0.25) is 9.59 Å². The standard InChI is InChI=1S/C17H20N2O5S/c1-10-14(19-16(25-10)13-3-2-6-24-13)15(20)18-9-12(17(21)22)11-4-7-23-8-5-11/h2-3,6,11-12H,4-5,7-9H2,1H3,(H,18,20)(H,21,22). The Morgan fingerprint density at radius 3 is 2.84 bits per heavy atom. The SMILES string of the molecule is Cc1sc(-c2ccco2)nc1C(=O)NCC(C(=O)O)C1CCOCC1. The van der Waals surface area contributed by atoms with Gasteiger partial charge in [0, 0.05) is 24.6 Å². The van der Waals surface area contributed by atoms with Gasteiger partial charge in [0.25, 0.3) is 5.91 Å². The van der Waals surface area contributed by atoms with E-state index >= 15 is 0 Å². The number of thiazole rings is 1. The summed E-state index contributed by atoms with van der Waals surface area (Å²) in [5.74, 6) is -1.24. The van der Waals surface area contributed by atoms with Gasteiger partial charge in [0.05, 0.1) is 12.2 Å². The minimum Gasteiger partial charge on any atom is -0.481 e. The van der Waals surface area contributed by atoms with Crippen molar-refractivity contribution >= 4 is 23.2 Å². The fourth-order valence-corrected chi connectivity index (χ4v) is 3.85. The second-order valence-corrected chi connectivity index (χ2v) is 7.21. The van der Waals surface area contributed by atoms with Crippen LogP contribution in [0, 0.1) is 18.8 Å². The number of aryl methyl sites for hydroxylation is 1. The molecule has 0 spiro atoms. The summed E-state index contributed by atoms with van der Waals surface area (Å²) in [4.78, 5) is 29.1. The molecule has 1 atom stereocenters. The van der Waals surface area contributed by atoms with Gasteiger partial charge in [0.15, 0.2) is 10.8 Å². The van der Waals surface area contributed by atoms with Crippen LogP contribution < -0.4 is 5.32 Å². The summed E-state index contributed by atoms with van der Waals surface area (Å²) in [7, 11) is 0. The fourth-order valence-electron chi connectivity index (χ4n) is 2.97. The highest BCUT2D eigenvalue weighted by atomic mass is 32.1. The first-order valence-electron chi connectivity index (χ1n) is 8.16. The second-order valence-electron chi connectivity index (χ2n) is 6.01. The van der Waals surface area contributed by atoms with Gasteiger partial charge in [-0.25, -0.2) is 4.98 Å². The van der Waals surface area contributed by atoms with Crippen molar-refractivity contribution in [3.8, 4) is 10.8 Å². The molecule has 0 radical (unpaired) electrons. The van der Waals surface area contributed by atoms with E-state index in [4.69, 9.17) is 9.15 Å². The number of aliphatic carboxylic acids is 1. The third kappa shape index (κ3) is 4.08. The van der Waals surface area contributed by atoms with E-state index in [2.05, 4.69) is 10.3 Å². The Morgan fingerprint density at radius 2 is 2.20 bits per heavy atom. The van der Waals surface area contributed by atoms with Gasteiger partial charge in [-0.05, 0) is 37.8 Å². The van der Waals surface area contributed by atoms with Crippen molar-refractivity contribution in [1.29, 1.82) is 0 Å². The van der Waals surface area contributed by atoms with E-state index in [-0.39, 0.29) is 18.4 Å². The molecule has 134 valence electrons. The number of carboxylic acid groups (broad SMARTS) is 1. The number of carboxylic acids is 1. The summed E-state index contributed by atoms with van der Waals surface area (Å²) < 4.78 is 10.6. The maximum absolute atomic E-state index is 12.4. The Bertz CT molecular complexity index is 734. The van der Waals surface area contributed by atoms with E-state index in [1.54, 1.807) is 18.4 Å². The van der Waals surface area contributed by atoms with Gasteiger partial charge < -0.3 is 19.6 Å². The van der Waals surface area contributed by atoms with Crippen LogP contribution in [0.5, 0.6) is 0 Å². The Balaban J connectivity index is 1.66. The average Bonchev–Trinajstić information content (AvgIpc) is 3.25. The van der Waals surface area contributed by atoms with Crippen molar-refractivity contribution in [3.63, 3.8) is 0 Å². The third-order valence-electron chi connectivity index (χ3n) is 4.38. The van der Waals surface area contributed by atoms with Crippen molar-refractivity contribution in [2.24, 2.45) is 11.8 Å². The average molecular weight is 364 g/mol. The number of amides is 1. The molecule has 25 heavy (non-hydrogen) atoms. The van der Waals surface area contributed by atoms with Crippen LogP contribution in [-0.4, -0.2) is 41.7 Å². The van der Waals surface area contributed by atoms with Crippen LogP contribution >= 0.6 is 11.3 Å².